The van der Waals surface area contributed by atoms with Crippen molar-refractivity contribution in [3.8, 4) is 0 Å². The van der Waals surface area contributed by atoms with Crippen LogP contribution in [0, 0.1) is 0 Å². The quantitative estimate of drug-likeness (QED) is 0.127. The molecule has 1 saturated heterocycles. The van der Waals surface area contributed by atoms with Crippen LogP contribution < -0.4 is 0 Å². The van der Waals surface area contributed by atoms with Gasteiger partial charge in [0, 0.05) is 32.6 Å². The van der Waals surface area contributed by atoms with E-state index in [1.807, 2.05) is 0 Å². The molecule has 5 nitrogen and oxygen atoms in total. The number of hydrogen-bond donors (Lipinski definition) is 0. The lowest BCUT2D eigenvalue weighted by atomic mass is 10.1. The third-order valence-corrected chi connectivity index (χ3v) is 7.34. The van der Waals surface area contributed by atoms with Gasteiger partial charge in [-0.1, -0.05) is 96.8 Å². The van der Waals surface area contributed by atoms with Crippen LogP contribution in [0.5, 0.6) is 0 Å². The summed E-state index contributed by atoms with van der Waals surface area (Å²) in [6, 6.07) is 0. The van der Waals surface area contributed by atoms with Crippen molar-refractivity contribution >= 4 is 12.2 Å². The third-order valence-electron chi connectivity index (χ3n) is 7.34. The number of carbonyl (C=O) groups is 2. The van der Waals surface area contributed by atoms with Gasteiger partial charge in [-0.3, -0.25) is 9.69 Å². The number of amides is 1. The lowest BCUT2D eigenvalue weighted by Crippen LogP contribution is -2.50. The highest BCUT2D eigenvalue weighted by Crippen LogP contribution is 2.13. The summed E-state index contributed by atoms with van der Waals surface area (Å²) in [6.07, 6.45) is 23.9. The standard InChI is InChI=1S/C29H57N3O2/c1-3-4-5-6-7-8-9-10-11-12-15-18-21-31(22-19-16-13-14-17-20-27-33)28-29(34)32-25-23-30(2)24-26-32/h27H,3-26,28H2,1-2H3. The van der Waals surface area contributed by atoms with Crippen molar-refractivity contribution in [2.24, 2.45) is 0 Å². The molecule has 0 radical (unpaired) electrons. The zero-order chi connectivity index (χ0) is 24.7. The van der Waals surface area contributed by atoms with Gasteiger partial charge in [-0.2, -0.15) is 0 Å². The van der Waals surface area contributed by atoms with Crippen molar-refractivity contribution in [1.29, 1.82) is 0 Å². The van der Waals surface area contributed by atoms with Crippen LogP contribution in [-0.2, 0) is 9.59 Å². The Labute approximate surface area is 212 Å². The Morgan fingerprint density at radius 1 is 0.676 bits per heavy atom. The molecule has 0 N–H and O–H groups in total. The Balaban J connectivity index is 2.19. The van der Waals surface area contributed by atoms with Gasteiger partial charge >= 0.3 is 0 Å². The molecule has 200 valence electrons. The molecule has 0 unspecified atom stereocenters. The number of nitrogens with zero attached hydrogens (tertiary/aromatic N) is 3. The molecular formula is C29H57N3O2. The van der Waals surface area contributed by atoms with Crippen LogP contribution in [0.15, 0.2) is 0 Å². The number of piperazine rings is 1. The molecule has 0 aliphatic carbocycles. The molecule has 0 aromatic carbocycles. The molecule has 0 saturated carbocycles. The highest BCUT2D eigenvalue weighted by atomic mass is 16.2. The minimum atomic E-state index is 0.318. The van der Waals surface area contributed by atoms with Crippen LogP contribution in [0.3, 0.4) is 0 Å². The summed E-state index contributed by atoms with van der Waals surface area (Å²) in [6.45, 7) is 8.69. The second-order valence-corrected chi connectivity index (χ2v) is 10.6. The number of hydrogen-bond acceptors (Lipinski definition) is 4. The van der Waals surface area contributed by atoms with Gasteiger partial charge in [0.1, 0.15) is 6.29 Å². The lowest BCUT2D eigenvalue weighted by Gasteiger charge is -2.34. The molecule has 0 spiro atoms. The van der Waals surface area contributed by atoms with E-state index in [4.69, 9.17) is 0 Å². The van der Waals surface area contributed by atoms with E-state index in [1.165, 1.54) is 89.9 Å². The molecule has 1 rings (SSSR count). The average molecular weight is 480 g/mol. The molecule has 0 atom stereocenters. The van der Waals surface area contributed by atoms with Gasteiger partial charge in [-0.05, 0) is 39.4 Å². The summed E-state index contributed by atoms with van der Waals surface area (Å²) in [7, 11) is 2.14. The molecule has 0 bridgehead atoms. The zero-order valence-electron chi connectivity index (χ0n) is 22.9. The Morgan fingerprint density at radius 2 is 1.12 bits per heavy atom. The van der Waals surface area contributed by atoms with E-state index in [9.17, 15) is 9.59 Å². The fourth-order valence-electron chi connectivity index (χ4n) is 4.89. The first kappa shape index (κ1) is 31.1. The molecule has 1 aliphatic rings. The molecule has 1 heterocycles. The van der Waals surface area contributed by atoms with Crippen LogP contribution in [0.1, 0.15) is 122 Å². The van der Waals surface area contributed by atoms with Gasteiger partial charge in [-0.15, -0.1) is 0 Å². The minimum Gasteiger partial charge on any atom is -0.339 e. The summed E-state index contributed by atoms with van der Waals surface area (Å²) < 4.78 is 0. The lowest BCUT2D eigenvalue weighted by molar-refractivity contribution is -0.134. The van der Waals surface area contributed by atoms with Crippen molar-refractivity contribution in [2.45, 2.75) is 122 Å². The van der Waals surface area contributed by atoms with Crippen LogP contribution in [0.25, 0.3) is 0 Å². The van der Waals surface area contributed by atoms with E-state index >= 15 is 0 Å². The second kappa shape index (κ2) is 22.5. The number of carbonyl (C=O) groups excluding carboxylic acids is 2. The smallest absolute Gasteiger partial charge is 0.236 e. The minimum absolute atomic E-state index is 0.318. The first-order valence-electron chi connectivity index (χ1n) is 14.8. The number of aldehydes is 1. The largest absolute Gasteiger partial charge is 0.339 e. The Kier molecular flexibility index (Phi) is 20.6. The molecular weight excluding hydrogens is 422 g/mol. The van der Waals surface area contributed by atoms with E-state index in [2.05, 4.69) is 28.7 Å². The average Bonchev–Trinajstić information content (AvgIpc) is 2.84. The predicted molar refractivity (Wildman–Crippen MR) is 145 cm³/mol. The molecule has 0 aromatic heterocycles. The molecule has 1 fully saturated rings. The van der Waals surface area contributed by atoms with Crippen molar-refractivity contribution in [2.75, 3.05) is 52.9 Å². The van der Waals surface area contributed by atoms with Gasteiger partial charge in [0.25, 0.3) is 0 Å². The first-order valence-corrected chi connectivity index (χ1v) is 14.8. The molecule has 34 heavy (non-hydrogen) atoms. The summed E-state index contributed by atoms with van der Waals surface area (Å²) in [4.78, 5) is 30.1. The van der Waals surface area contributed by atoms with E-state index in [0.717, 1.165) is 64.8 Å². The van der Waals surface area contributed by atoms with E-state index < -0.39 is 0 Å². The van der Waals surface area contributed by atoms with Crippen molar-refractivity contribution < 1.29 is 9.59 Å². The van der Waals surface area contributed by atoms with E-state index in [0.29, 0.717) is 18.9 Å². The summed E-state index contributed by atoms with van der Waals surface area (Å²) >= 11 is 0. The third kappa shape index (κ3) is 17.5. The van der Waals surface area contributed by atoms with Gasteiger partial charge in [0.2, 0.25) is 5.91 Å². The van der Waals surface area contributed by atoms with Crippen molar-refractivity contribution in [3.05, 3.63) is 0 Å². The molecule has 1 aliphatic heterocycles. The van der Waals surface area contributed by atoms with Gasteiger partial charge in [-0.25, -0.2) is 0 Å². The van der Waals surface area contributed by atoms with Crippen LogP contribution in [0.2, 0.25) is 0 Å². The van der Waals surface area contributed by atoms with Crippen LogP contribution >= 0.6 is 0 Å². The summed E-state index contributed by atoms with van der Waals surface area (Å²) in [5.41, 5.74) is 0. The first-order chi connectivity index (χ1) is 16.7. The maximum Gasteiger partial charge on any atom is 0.236 e. The number of likely N-dealkylation sites (N-methyl/N-ethyl adjacent to an activating group) is 1. The Hall–Kier alpha value is -0.940. The maximum atomic E-state index is 12.9. The van der Waals surface area contributed by atoms with E-state index in [-0.39, 0.29) is 0 Å². The molecule has 1 amide bonds. The SMILES string of the molecule is CCCCCCCCCCCCCCN(CCCCCCCC=O)CC(=O)N1CCN(C)CC1. The maximum absolute atomic E-state index is 12.9. The Morgan fingerprint density at radius 3 is 1.59 bits per heavy atom. The molecule has 5 heteroatoms. The summed E-state index contributed by atoms with van der Waals surface area (Å²) in [5, 5.41) is 0. The van der Waals surface area contributed by atoms with Crippen LogP contribution in [-0.4, -0.2) is 79.8 Å². The van der Waals surface area contributed by atoms with E-state index in [1.54, 1.807) is 0 Å². The van der Waals surface area contributed by atoms with Gasteiger partial charge < -0.3 is 14.6 Å². The fraction of sp³-hybridized carbons (Fsp3) is 0.931. The summed E-state index contributed by atoms with van der Waals surface area (Å²) in [5.74, 6) is 0.318. The molecule has 0 aromatic rings. The highest BCUT2D eigenvalue weighted by Gasteiger charge is 2.20. The number of unbranched alkanes of at least 4 members (excludes halogenated alkanes) is 16. The zero-order valence-corrected chi connectivity index (χ0v) is 22.9. The monoisotopic (exact) mass is 479 g/mol. The van der Waals surface area contributed by atoms with Crippen molar-refractivity contribution in [1.82, 2.24) is 14.7 Å². The predicted octanol–water partition coefficient (Wildman–Crippen LogP) is 6.30. The highest BCUT2D eigenvalue weighted by molar-refractivity contribution is 5.78. The van der Waals surface area contributed by atoms with Crippen LogP contribution in [0.4, 0.5) is 0 Å². The number of rotatable bonds is 23. The Bertz CT molecular complexity index is 478. The van der Waals surface area contributed by atoms with Gasteiger partial charge in [0.15, 0.2) is 0 Å². The van der Waals surface area contributed by atoms with Gasteiger partial charge in [0.05, 0.1) is 6.54 Å². The fourth-order valence-corrected chi connectivity index (χ4v) is 4.89. The second-order valence-electron chi connectivity index (χ2n) is 10.6. The topological polar surface area (TPSA) is 43.9 Å². The normalized spacial score (nSPS) is 14.7. The van der Waals surface area contributed by atoms with Crippen molar-refractivity contribution in [3.63, 3.8) is 0 Å².